The van der Waals surface area contributed by atoms with Gasteiger partial charge in [0.25, 0.3) is 0 Å². The Bertz CT molecular complexity index is 448. The van der Waals surface area contributed by atoms with Crippen molar-refractivity contribution >= 4 is 17.6 Å². The highest BCUT2D eigenvalue weighted by Gasteiger charge is 2.48. The maximum absolute atomic E-state index is 5.21. The first-order valence-corrected chi connectivity index (χ1v) is 7.86. The van der Waals surface area contributed by atoms with Gasteiger partial charge in [-0.3, -0.25) is 0 Å². The molecule has 4 aliphatic rings. The largest absolute Gasteiger partial charge is 0.0881 e. The van der Waals surface area contributed by atoms with Crippen LogP contribution >= 0.6 is 12.2 Å². The molecule has 0 amide bonds. The van der Waals surface area contributed by atoms with Gasteiger partial charge in [-0.05, 0) is 72.8 Å². The van der Waals surface area contributed by atoms with Crippen molar-refractivity contribution in [3.63, 3.8) is 0 Å². The highest BCUT2D eigenvalue weighted by molar-refractivity contribution is 7.79. The van der Waals surface area contributed by atoms with E-state index in [1.807, 2.05) is 5.37 Å². The van der Waals surface area contributed by atoms with Crippen LogP contribution < -0.4 is 0 Å². The minimum atomic E-state index is 0.813. The maximum atomic E-state index is 5.21. The summed E-state index contributed by atoms with van der Waals surface area (Å²) in [6.07, 6.45) is 7.49. The van der Waals surface area contributed by atoms with Crippen molar-refractivity contribution in [2.75, 3.05) is 0 Å². The van der Waals surface area contributed by atoms with Crippen molar-refractivity contribution in [2.24, 2.45) is 23.7 Å². The molecule has 0 N–H and O–H groups in total. The molecular formula is C17H20S. The van der Waals surface area contributed by atoms with Crippen molar-refractivity contribution in [3.8, 4) is 0 Å². The summed E-state index contributed by atoms with van der Waals surface area (Å²) in [4.78, 5) is 0. The molecule has 0 radical (unpaired) electrons. The molecule has 0 saturated heterocycles. The lowest BCUT2D eigenvalue weighted by Crippen LogP contribution is -2.44. The van der Waals surface area contributed by atoms with Crippen LogP contribution in [0.25, 0.3) is 0 Å². The molecule has 18 heavy (non-hydrogen) atoms. The zero-order chi connectivity index (χ0) is 12.1. The molecule has 0 heterocycles. The third kappa shape index (κ3) is 1.60. The van der Waals surface area contributed by atoms with Crippen LogP contribution in [-0.4, -0.2) is 5.37 Å². The summed E-state index contributed by atoms with van der Waals surface area (Å²) in [6, 6.07) is 8.86. The van der Waals surface area contributed by atoms with E-state index in [9.17, 15) is 0 Å². The monoisotopic (exact) mass is 256 g/mol. The molecule has 0 spiro atoms. The second-order valence-electron chi connectivity index (χ2n) is 6.70. The van der Waals surface area contributed by atoms with Gasteiger partial charge in [0, 0.05) is 5.37 Å². The van der Waals surface area contributed by atoms with Gasteiger partial charge in [0.2, 0.25) is 0 Å². The molecule has 1 aromatic rings. The standard InChI is InChI=1S/C17H20S/c18-10-13-3-1-2-4-16(13)17-14-6-11-5-12(8-14)9-15(17)7-11/h1-4,10-12,14-15,17H,5-9H2. The zero-order valence-electron chi connectivity index (χ0n) is 10.7. The lowest BCUT2D eigenvalue weighted by Gasteiger charge is -2.55. The molecule has 5 rings (SSSR count). The number of hydrogen-bond donors (Lipinski definition) is 0. The van der Waals surface area contributed by atoms with Crippen molar-refractivity contribution in [1.29, 1.82) is 0 Å². The average molecular weight is 256 g/mol. The van der Waals surface area contributed by atoms with Crippen LogP contribution in [0.1, 0.15) is 49.1 Å². The van der Waals surface area contributed by atoms with E-state index in [1.54, 1.807) is 5.56 Å². The van der Waals surface area contributed by atoms with Crippen molar-refractivity contribution < 1.29 is 0 Å². The first-order valence-electron chi connectivity index (χ1n) is 7.39. The number of benzene rings is 1. The van der Waals surface area contributed by atoms with Crippen molar-refractivity contribution in [3.05, 3.63) is 35.4 Å². The van der Waals surface area contributed by atoms with Gasteiger partial charge >= 0.3 is 0 Å². The number of thiocarbonyl (C=S) groups is 1. The Hall–Kier alpha value is -0.690. The SMILES string of the molecule is S=Cc1ccccc1C1C2CC3CC(C2)CC1C3. The summed E-state index contributed by atoms with van der Waals surface area (Å²) >= 11 is 5.21. The van der Waals surface area contributed by atoms with Gasteiger partial charge in [-0.2, -0.15) is 0 Å². The normalized spacial score (nSPS) is 41.0. The van der Waals surface area contributed by atoms with E-state index in [4.69, 9.17) is 12.2 Å². The quantitative estimate of drug-likeness (QED) is 0.698. The van der Waals surface area contributed by atoms with Gasteiger partial charge in [0.1, 0.15) is 0 Å². The molecule has 94 valence electrons. The maximum Gasteiger partial charge on any atom is 0.00889 e. The summed E-state index contributed by atoms with van der Waals surface area (Å²) in [5, 5.41) is 1.89. The molecule has 1 heteroatoms. The van der Waals surface area contributed by atoms with Crippen LogP contribution in [0.4, 0.5) is 0 Å². The van der Waals surface area contributed by atoms with Gasteiger partial charge in [-0.1, -0.05) is 36.5 Å². The predicted molar refractivity (Wildman–Crippen MR) is 79.0 cm³/mol. The minimum Gasteiger partial charge on any atom is -0.0881 e. The smallest absolute Gasteiger partial charge is 0.00889 e. The third-order valence-electron chi connectivity index (χ3n) is 5.71. The van der Waals surface area contributed by atoms with Gasteiger partial charge in [-0.25, -0.2) is 0 Å². The summed E-state index contributed by atoms with van der Waals surface area (Å²) in [5.41, 5.74) is 2.87. The van der Waals surface area contributed by atoms with Gasteiger partial charge < -0.3 is 0 Å². The molecule has 4 bridgehead atoms. The van der Waals surface area contributed by atoms with Crippen LogP contribution in [0.2, 0.25) is 0 Å². The number of hydrogen-bond acceptors (Lipinski definition) is 1. The van der Waals surface area contributed by atoms with Crippen LogP contribution in [-0.2, 0) is 0 Å². The first-order chi connectivity index (χ1) is 8.85. The van der Waals surface area contributed by atoms with Crippen LogP contribution in [0, 0.1) is 23.7 Å². The van der Waals surface area contributed by atoms with Crippen molar-refractivity contribution in [1.82, 2.24) is 0 Å². The Labute approximate surface area is 115 Å². The van der Waals surface area contributed by atoms with Crippen LogP contribution in [0.3, 0.4) is 0 Å². The fourth-order valence-corrected chi connectivity index (χ4v) is 5.57. The van der Waals surface area contributed by atoms with E-state index in [0.29, 0.717) is 0 Å². The van der Waals surface area contributed by atoms with Crippen LogP contribution in [0.5, 0.6) is 0 Å². The highest BCUT2D eigenvalue weighted by atomic mass is 32.1. The second-order valence-corrected chi connectivity index (χ2v) is 6.94. The Morgan fingerprint density at radius 2 is 1.50 bits per heavy atom. The third-order valence-corrected chi connectivity index (χ3v) is 5.96. The van der Waals surface area contributed by atoms with Crippen molar-refractivity contribution in [2.45, 2.75) is 38.0 Å². The Morgan fingerprint density at radius 3 is 2.11 bits per heavy atom. The lowest BCUT2D eigenvalue weighted by molar-refractivity contribution is -0.00281. The van der Waals surface area contributed by atoms with Gasteiger partial charge in [-0.15, -0.1) is 0 Å². The summed E-state index contributed by atoms with van der Waals surface area (Å²) in [5.74, 6) is 4.84. The second kappa shape index (κ2) is 4.16. The number of rotatable bonds is 2. The molecule has 4 aliphatic carbocycles. The predicted octanol–water partition coefficient (Wildman–Crippen LogP) is 4.57. The molecule has 1 aromatic carbocycles. The molecule has 0 aliphatic heterocycles. The summed E-state index contributed by atoms with van der Waals surface area (Å²) in [6.45, 7) is 0. The van der Waals surface area contributed by atoms with Crippen LogP contribution in [0.15, 0.2) is 24.3 Å². The van der Waals surface area contributed by atoms with E-state index in [0.717, 1.165) is 29.6 Å². The van der Waals surface area contributed by atoms with E-state index in [-0.39, 0.29) is 0 Å². The first kappa shape index (κ1) is 11.2. The van der Waals surface area contributed by atoms with E-state index in [1.165, 1.54) is 37.7 Å². The molecule has 0 atom stereocenters. The Morgan fingerprint density at radius 1 is 0.889 bits per heavy atom. The summed E-state index contributed by atoms with van der Waals surface area (Å²) < 4.78 is 0. The van der Waals surface area contributed by atoms with E-state index < -0.39 is 0 Å². The van der Waals surface area contributed by atoms with Gasteiger partial charge in [0.05, 0.1) is 0 Å². The fraction of sp³-hybridized carbons (Fsp3) is 0.588. The zero-order valence-corrected chi connectivity index (χ0v) is 11.5. The summed E-state index contributed by atoms with van der Waals surface area (Å²) in [7, 11) is 0. The Balaban J connectivity index is 1.74. The molecule has 4 fully saturated rings. The molecule has 0 unspecified atom stereocenters. The van der Waals surface area contributed by atoms with Gasteiger partial charge in [0.15, 0.2) is 0 Å². The topological polar surface area (TPSA) is 0 Å². The molecule has 4 saturated carbocycles. The molecule has 0 aromatic heterocycles. The van der Waals surface area contributed by atoms with E-state index >= 15 is 0 Å². The lowest BCUT2D eigenvalue weighted by atomic mass is 9.50. The fourth-order valence-electron chi connectivity index (χ4n) is 5.35. The highest BCUT2D eigenvalue weighted by Crippen LogP contribution is 2.59. The molecule has 0 nitrogen and oxygen atoms in total. The average Bonchev–Trinajstić information content (AvgIpc) is 2.38. The minimum absolute atomic E-state index is 0.813. The Kier molecular flexibility index (Phi) is 2.58. The molecular weight excluding hydrogens is 236 g/mol. The van der Waals surface area contributed by atoms with E-state index in [2.05, 4.69) is 24.3 Å².